The van der Waals surface area contributed by atoms with Gasteiger partial charge >= 0.3 is 0 Å². The summed E-state index contributed by atoms with van der Waals surface area (Å²) in [5.41, 5.74) is 0. The van der Waals surface area contributed by atoms with Crippen molar-refractivity contribution in [1.82, 2.24) is 9.97 Å². The van der Waals surface area contributed by atoms with Crippen LogP contribution in [-0.2, 0) is 0 Å². The standard InChI is InChI=1S/C13H15N3OS/c1-17-12-7-8-14-13(16-12)15-9-10-18-11-5-3-2-4-6-11/h2-8H,9-10H2,1H3,(H,14,15,16). The predicted molar refractivity (Wildman–Crippen MR) is 74.2 cm³/mol. The summed E-state index contributed by atoms with van der Waals surface area (Å²) in [5.74, 6) is 2.14. The molecule has 1 aromatic heterocycles. The van der Waals surface area contributed by atoms with E-state index in [-0.39, 0.29) is 0 Å². The van der Waals surface area contributed by atoms with E-state index >= 15 is 0 Å². The molecule has 0 spiro atoms. The van der Waals surface area contributed by atoms with E-state index in [1.807, 2.05) is 18.2 Å². The van der Waals surface area contributed by atoms with Crippen LogP contribution in [-0.4, -0.2) is 29.4 Å². The molecule has 2 aromatic rings. The summed E-state index contributed by atoms with van der Waals surface area (Å²) >= 11 is 1.80. The second kappa shape index (κ2) is 6.86. The number of ether oxygens (including phenoxy) is 1. The quantitative estimate of drug-likeness (QED) is 0.640. The second-order valence-electron chi connectivity index (χ2n) is 3.51. The van der Waals surface area contributed by atoms with Gasteiger partial charge in [-0.15, -0.1) is 11.8 Å². The number of rotatable bonds is 6. The first kappa shape index (κ1) is 12.7. The fourth-order valence-corrected chi connectivity index (χ4v) is 2.18. The number of hydrogen-bond acceptors (Lipinski definition) is 5. The highest BCUT2D eigenvalue weighted by atomic mass is 32.2. The summed E-state index contributed by atoms with van der Waals surface area (Å²) in [6.45, 7) is 0.812. The largest absolute Gasteiger partial charge is 0.481 e. The molecule has 0 aliphatic carbocycles. The molecule has 0 saturated heterocycles. The van der Waals surface area contributed by atoms with Gasteiger partial charge in [0.1, 0.15) is 0 Å². The molecule has 1 aromatic carbocycles. The molecule has 0 bridgehead atoms. The van der Waals surface area contributed by atoms with Gasteiger partial charge in [0.25, 0.3) is 0 Å². The number of hydrogen-bond donors (Lipinski definition) is 1. The molecule has 18 heavy (non-hydrogen) atoms. The van der Waals surface area contributed by atoms with E-state index in [1.165, 1.54) is 4.90 Å². The first-order valence-corrected chi connectivity index (χ1v) is 6.66. The highest BCUT2D eigenvalue weighted by Gasteiger charge is 1.98. The molecule has 0 radical (unpaired) electrons. The van der Waals surface area contributed by atoms with E-state index in [0.717, 1.165) is 12.3 Å². The minimum atomic E-state index is 0.572. The van der Waals surface area contributed by atoms with Crippen LogP contribution in [0.2, 0.25) is 0 Å². The van der Waals surface area contributed by atoms with Crippen LogP contribution in [0, 0.1) is 0 Å². The van der Waals surface area contributed by atoms with Gasteiger partial charge in [-0.1, -0.05) is 18.2 Å². The molecule has 0 atom stereocenters. The topological polar surface area (TPSA) is 47.0 Å². The maximum Gasteiger partial charge on any atom is 0.225 e. The first-order valence-electron chi connectivity index (χ1n) is 5.67. The van der Waals surface area contributed by atoms with Crippen molar-refractivity contribution in [2.24, 2.45) is 0 Å². The summed E-state index contributed by atoms with van der Waals surface area (Å²) in [6, 6.07) is 12.0. The molecule has 94 valence electrons. The molecular weight excluding hydrogens is 246 g/mol. The lowest BCUT2D eigenvalue weighted by molar-refractivity contribution is 0.397. The van der Waals surface area contributed by atoms with Crippen LogP contribution in [0.1, 0.15) is 0 Å². The fraction of sp³-hybridized carbons (Fsp3) is 0.231. The zero-order valence-corrected chi connectivity index (χ0v) is 11.0. The smallest absolute Gasteiger partial charge is 0.225 e. The van der Waals surface area contributed by atoms with Crippen molar-refractivity contribution in [1.29, 1.82) is 0 Å². The molecule has 0 unspecified atom stereocenters. The van der Waals surface area contributed by atoms with Crippen LogP contribution in [0.25, 0.3) is 0 Å². The maximum absolute atomic E-state index is 5.03. The Hall–Kier alpha value is -1.75. The van der Waals surface area contributed by atoms with Crippen LogP contribution in [0.4, 0.5) is 5.95 Å². The van der Waals surface area contributed by atoms with E-state index < -0.39 is 0 Å². The second-order valence-corrected chi connectivity index (χ2v) is 4.68. The van der Waals surface area contributed by atoms with Gasteiger partial charge in [-0.05, 0) is 12.1 Å². The Morgan fingerprint density at radius 2 is 2.06 bits per heavy atom. The van der Waals surface area contributed by atoms with Gasteiger partial charge in [-0.3, -0.25) is 0 Å². The number of methoxy groups -OCH3 is 1. The normalized spacial score (nSPS) is 10.1. The number of benzene rings is 1. The third-order valence-corrected chi connectivity index (χ3v) is 3.25. The average molecular weight is 261 g/mol. The van der Waals surface area contributed by atoms with Crippen molar-refractivity contribution >= 4 is 17.7 Å². The van der Waals surface area contributed by atoms with Crippen LogP contribution >= 0.6 is 11.8 Å². The van der Waals surface area contributed by atoms with Gasteiger partial charge in [0.2, 0.25) is 11.8 Å². The lowest BCUT2D eigenvalue weighted by Crippen LogP contribution is -2.07. The Balaban J connectivity index is 1.75. The highest BCUT2D eigenvalue weighted by molar-refractivity contribution is 7.99. The summed E-state index contributed by atoms with van der Waals surface area (Å²) in [6.07, 6.45) is 1.68. The monoisotopic (exact) mass is 261 g/mol. The lowest BCUT2D eigenvalue weighted by atomic mass is 10.4. The molecular formula is C13H15N3OS. The minimum absolute atomic E-state index is 0.572. The van der Waals surface area contributed by atoms with Crippen molar-refractivity contribution in [3.8, 4) is 5.88 Å². The van der Waals surface area contributed by atoms with E-state index in [9.17, 15) is 0 Å². The van der Waals surface area contributed by atoms with Crippen LogP contribution in [0.15, 0.2) is 47.5 Å². The molecule has 0 aliphatic heterocycles. The molecule has 0 saturated carbocycles. The van der Waals surface area contributed by atoms with Gasteiger partial charge in [0, 0.05) is 29.5 Å². The minimum Gasteiger partial charge on any atom is -0.481 e. The summed E-state index contributed by atoms with van der Waals surface area (Å²) in [5, 5.41) is 3.17. The predicted octanol–water partition coefficient (Wildman–Crippen LogP) is 2.69. The molecule has 4 nitrogen and oxygen atoms in total. The Labute approximate surface area is 111 Å². The molecule has 1 heterocycles. The molecule has 0 fully saturated rings. The molecule has 0 amide bonds. The molecule has 1 N–H and O–H groups in total. The van der Waals surface area contributed by atoms with Crippen LogP contribution in [0.3, 0.4) is 0 Å². The van der Waals surface area contributed by atoms with Crippen LogP contribution in [0.5, 0.6) is 5.88 Å². The van der Waals surface area contributed by atoms with E-state index in [1.54, 1.807) is 31.1 Å². The van der Waals surface area contributed by atoms with Crippen molar-refractivity contribution in [2.45, 2.75) is 4.90 Å². The van der Waals surface area contributed by atoms with E-state index in [2.05, 4.69) is 27.4 Å². The summed E-state index contributed by atoms with van der Waals surface area (Å²) in [4.78, 5) is 9.57. The van der Waals surface area contributed by atoms with Gasteiger partial charge in [0.05, 0.1) is 7.11 Å². The lowest BCUT2D eigenvalue weighted by Gasteiger charge is -2.05. The van der Waals surface area contributed by atoms with Gasteiger partial charge in [-0.25, -0.2) is 4.98 Å². The number of thioether (sulfide) groups is 1. The third kappa shape index (κ3) is 3.92. The Morgan fingerprint density at radius 3 is 2.83 bits per heavy atom. The van der Waals surface area contributed by atoms with Gasteiger partial charge in [0.15, 0.2) is 0 Å². The highest BCUT2D eigenvalue weighted by Crippen LogP contribution is 2.16. The van der Waals surface area contributed by atoms with Crippen LogP contribution < -0.4 is 10.1 Å². The molecule has 2 rings (SSSR count). The summed E-state index contributed by atoms with van der Waals surface area (Å²) < 4.78 is 5.03. The fourth-order valence-electron chi connectivity index (χ4n) is 1.39. The van der Waals surface area contributed by atoms with E-state index in [0.29, 0.717) is 11.8 Å². The maximum atomic E-state index is 5.03. The van der Waals surface area contributed by atoms with Crippen molar-refractivity contribution in [2.75, 3.05) is 24.7 Å². The zero-order chi connectivity index (χ0) is 12.6. The first-order chi connectivity index (χ1) is 8.88. The average Bonchev–Trinajstić information content (AvgIpc) is 2.45. The number of nitrogens with zero attached hydrogens (tertiary/aromatic N) is 2. The molecule has 0 aliphatic rings. The SMILES string of the molecule is COc1ccnc(NCCSc2ccccc2)n1. The molecule has 5 heteroatoms. The van der Waals surface area contributed by atoms with Gasteiger partial charge in [-0.2, -0.15) is 4.98 Å². The third-order valence-electron chi connectivity index (χ3n) is 2.24. The van der Waals surface area contributed by atoms with Gasteiger partial charge < -0.3 is 10.1 Å². The van der Waals surface area contributed by atoms with E-state index in [4.69, 9.17) is 4.74 Å². The zero-order valence-electron chi connectivity index (χ0n) is 10.2. The Morgan fingerprint density at radius 1 is 1.22 bits per heavy atom. The Bertz CT molecular complexity index is 479. The number of nitrogens with one attached hydrogen (secondary N) is 1. The Kier molecular flexibility index (Phi) is 4.84. The number of aromatic nitrogens is 2. The van der Waals surface area contributed by atoms with Crippen molar-refractivity contribution in [3.05, 3.63) is 42.6 Å². The number of anilines is 1. The summed E-state index contributed by atoms with van der Waals surface area (Å²) in [7, 11) is 1.59. The van der Waals surface area contributed by atoms with Crippen molar-refractivity contribution in [3.63, 3.8) is 0 Å². The van der Waals surface area contributed by atoms with Crippen molar-refractivity contribution < 1.29 is 4.74 Å².